The highest BCUT2D eigenvalue weighted by Crippen LogP contribution is 2.24. The number of unbranched alkanes of at least 4 members (excludes halogenated alkanes) is 1. The van der Waals surface area contributed by atoms with Gasteiger partial charge in [0.1, 0.15) is 5.69 Å². The fourth-order valence-corrected chi connectivity index (χ4v) is 1.52. The van der Waals surface area contributed by atoms with Crippen LogP contribution in [0.5, 0.6) is 0 Å². The minimum absolute atomic E-state index is 0.0966. The molecule has 0 heterocycles. The first-order valence-corrected chi connectivity index (χ1v) is 5.84. The van der Waals surface area contributed by atoms with Gasteiger partial charge in [-0.1, -0.05) is 13.3 Å². The molecule has 0 aliphatic heterocycles. The first kappa shape index (κ1) is 14.0. The normalized spacial score (nSPS) is 9.89. The summed E-state index contributed by atoms with van der Waals surface area (Å²) in [5.41, 5.74) is 0.600. The molecule has 0 aliphatic carbocycles. The van der Waals surface area contributed by atoms with E-state index in [0.717, 1.165) is 12.8 Å². The Bertz CT molecular complexity index is 446. The van der Waals surface area contributed by atoms with Crippen LogP contribution in [0, 0.1) is 10.1 Å². The Morgan fingerprint density at radius 2 is 2.17 bits per heavy atom. The summed E-state index contributed by atoms with van der Waals surface area (Å²) in [4.78, 5) is 22.1. The van der Waals surface area contributed by atoms with Gasteiger partial charge in [0.25, 0.3) is 11.6 Å². The summed E-state index contributed by atoms with van der Waals surface area (Å²) < 4.78 is 0. The number of amides is 1. The van der Waals surface area contributed by atoms with Crippen LogP contribution in [-0.4, -0.2) is 24.4 Å². The Hall–Kier alpha value is -2.11. The second-order valence-corrected chi connectivity index (χ2v) is 3.85. The molecule has 18 heavy (non-hydrogen) atoms. The lowest BCUT2D eigenvalue weighted by atomic mass is 10.1. The molecule has 1 rings (SSSR count). The lowest BCUT2D eigenvalue weighted by Crippen LogP contribution is -2.24. The van der Waals surface area contributed by atoms with Gasteiger partial charge in [-0.2, -0.15) is 0 Å². The Labute approximate surface area is 106 Å². The monoisotopic (exact) mass is 251 g/mol. The van der Waals surface area contributed by atoms with Gasteiger partial charge in [-0.25, -0.2) is 0 Å². The highest BCUT2D eigenvalue weighted by molar-refractivity contribution is 5.95. The lowest BCUT2D eigenvalue weighted by Gasteiger charge is -2.06. The smallest absolute Gasteiger partial charge is 0.293 e. The van der Waals surface area contributed by atoms with Crippen molar-refractivity contribution in [1.29, 1.82) is 0 Å². The minimum atomic E-state index is -0.505. The Morgan fingerprint density at radius 3 is 2.72 bits per heavy atom. The quantitative estimate of drug-likeness (QED) is 0.461. The minimum Gasteiger partial charge on any atom is -0.383 e. The fourth-order valence-electron chi connectivity index (χ4n) is 1.52. The molecule has 98 valence electrons. The number of hydrogen-bond acceptors (Lipinski definition) is 4. The van der Waals surface area contributed by atoms with E-state index in [-0.39, 0.29) is 11.6 Å². The fraction of sp³-hybridized carbons (Fsp3) is 0.417. The molecule has 0 aromatic heterocycles. The van der Waals surface area contributed by atoms with Crippen molar-refractivity contribution in [3.8, 4) is 0 Å². The molecular weight excluding hydrogens is 234 g/mol. The van der Waals surface area contributed by atoms with Gasteiger partial charge in [0.2, 0.25) is 0 Å². The Balaban J connectivity index is 2.87. The molecule has 6 nitrogen and oxygen atoms in total. The number of nitrogens with zero attached hydrogens (tertiary/aromatic N) is 1. The van der Waals surface area contributed by atoms with Gasteiger partial charge >= 0.3 is 0 Å². The van der Waals surface area contributed by atoms with Gasteiger partial charge < -0.3 is 10.6 Å². The topological polar surface area (TPSA) is 84.3 Å². The molecule has 0 saturated carbocycles. The van der Waals surface area contributed by atoms with Crippen LogP contribution in [0.2, 0.25) is 0 Å². The van der Waals surface area contributed by atoms with Gasteiger partial charge in [0.15, 0.2) is 0 Å². The standard InChI is InChI=1S/C12H17N3O3/c1-3-4-7-14-12(16)9-5-6-10(13-2)11(8-9)15(17)18/h5-6,8,13H,3-4,7H2,1-2H3,(H,14,16). The number of benzene rings is 1. The van der Waals surface area contributed by atoms with Gasteiger partial charge in [-0.15, -0.1) is 0 Å². The SMILES string of the molecule is CCCCNC(=O)c1ccc(NC)c([N+](=O)[O-])c1. The predicted molar refractivity (Wildman–Crippen MR) is 69.9 cm³/mol. The maximum atomic E-state index is 11.7. The third-order valence-corrected chi connectivity index (χ3v) is 2.54. The molecule has 0 bridgehead atoms. The van der Waals surface area contributed by atoms with Gasteiger partial charge in [-0.3, -0.25) is 14.9 Å². The highest BCUT2D eigenvalue weighted by Gasteiger charge is 2.16. The van der Waals surface area contributed by atoms with E-state index in [1.54, 1.807) is 13.1 Å². The number of nitro groups is 1. The average Bonchev–Trinajstić information content (AvgIpc) is 2.38. The first-order chi connectivity index (χ1) is 8.60. The zero-order valence-corrected chi connectivity index (χ0v) is 10.5. The van der Waals surface area contributed by atoms with E-state index in [4.69, 9.17) is 0 Å². The number of rotatable bonds is 6. The average molecular weight is 251 g/mol. The van der Waals surface area contributed by atoms with Crippen molar-refractivity contribution in [1.82, 2.24) is 5.32 Å². The molecule has 0 atom stereocenters. The third-order valence-electron chi connectivity index (χ3n) is 2.54. The molecule has 1 aromatic rings. The van der Waals surface area contributed by atoms with Crippen LogP contribution in [0.25, 0.3) is 0 Å². The number of nitro benzene ring substituents is 1. The van der Waals surface area contributed by atoms with E-state index in [1.807, 2.05) is 6.92 Å². The van der Waals surface area contributed by atoms with Crippen molar-refractivity contribution in [2.45, 2.75) is 19.8 Å². The van der Waals surface area contributed by atoms with E-state index in [9.17, 15) is 14.9 Å². The lowest BCUT2D eigenvalue weighted by molar-refractivity contribution is -0.384. The second-order valence-electron chi connectivity index (χ2n) is 3.85. The number of nitrogens with one attached hydrogen (secondary N) is 2. The largest absolute Gasteiger partial charge is 0.383 e. The molecule has 6 heteroatoms. The Morgan fingerprint density at radius 1 is 1.44 bits per heavy atom. The van der Waals surface area contributed by atoms with Crippen molar-refractivity contribution in [2.75, 3.05) is 18.9 Å². The van der Waals surface area contributed by atoms with Gasteiger partial charge in [0, 0.05) is 25.2 Å². The summed E-state index contributed by atoms with van der Waals surface area (Å²) in [6.07, 6.45) is 1.88. The maximum absolute atomic E-state index is 11.7. The first-order valence-electron chi connectivity index (χ1n) is 5.84. The van der Waals surface area contributed by atoms with Crippen LogP contribution >= 0.6 is 0 Å². The molecule has 0 saturated heterocycles. The van der Waals surface area contributed by atoms with E-state index in [2.05, 4.69) is 10.6 Å². The molecule has 0 unspecified atom stereocenters. The molecular formula is C12H17N3O3. The number of anilines is 1. The summed E-state index contributed by atoms with van der Waals surface area (Å²) in [5.74, 6) is -0.283. The van der Waals surface area contributed by atoms with Crippen molar-refractivity contribution < 1.29 is 9.72 Å². The van der Waals surface area contributed by atoms with Crippen molar-refractivity contribution in [3.63, 3.8) is 0 Å². The molecule has 1 aromatic carbocycles. The highest BCUT2D eigenvalue weighted by atomic mass is 16.6. The van der Waals surface area contributed by atoms with E-state index in [0.29, 0.717) is 17.8 Å². The zero-order chi connectivity index (χ0) is 13.5. The van der Waals surface area contributed by atoms with E-state index in [1.165, 1.54) is 12.1 Å². The van der Waals surface area contributed by atoms with E-state index >= 15 is 0 Å². The summed E-state index contributed by atoms with van der Waals surface area (Å²) >= 11 is 0. The van der Waals surface area contributed by atoms with Crippen LogP contribution in [0.4, 0.5) is 11.4 Å². The zero-order valence-electron chi connectivity index (χ0n) is 10.5. The maximum Gasteiger partial charge on any atom is 0.293 e. The number of hydrogen-bond donors (Lipinski definition) is 2. The predicted octanol–water partition coefficient (Wildman–Crippen LogP) is 2.17. The van der Waals surface area contributed by atoms with Crippen molar-refractivity contribution >= 4 is 17.3 Å². The molecule has 0 radical (unpaired) electrons. The van der Waals surface area contributed by atoms with Crippen molar-refractivity contribution in [3.05, 3.63) is 33.9 Å². The molecule has 0 aliphatic rings. The number of carbonyl (C=O) groups is 1. The molecule has 2 N–H and O–H groups in total. The van der Waals surface area contributed by atoms with Gasteiger partial charge in [0.05, 0.1) is 4.92 Å². The van der Waals surface area contributed by atoms with Crippen LogP contribution in [-0.2, 0) is 0 Å². The number of carbonyl (C=O) groups excluding carboxylic acids is 1. The van der Waals surface area contributed by atoms with Gasteiger partial charge in [-0.05, 0) is 18.6 Å². The summed E-state index contributed by atoms with van der Waals surface area (Å²) in [6, 6.07) is 4.39. The second kappa shape index (κ2) is 6.58. The summed E-state index contributed by atoms with van der Waals surface area (Å²) in [7, 11) is 1.60. The summed E-state index contributed by atoms with van der Waals surface area (Å²) in [5, 5.41) is 16.3. The summed E-state index contributed by atoms with van der Waals surface area (Å²) in [6.45, 7) is 2.61. The van der Waals surface area contributed by atoms with Crippen molar-refractivity contribution in [2.24, 2.45) is 0 Å². The van der Waals surface area contributed by atoms with Crippen LogP contribution < -0.4 is 10.6 Å². The van der Waals surface area contributed by atoms with Crippen LogP contribution in [0.15, 0.2) is 18.2 Å². The Kier molecular flexibility index (Phi) is 5.10. The third kappa shape index (κ3) is 3.44. The van der Waals surface area contributed by atoms with Crippen LogP contribution in [0.3, 0.4) is 0 Å². The molecule has 0 spiro atoms. The van der Waals surface area contributed by atoms with Crippen LogP contribution in [0.1, 0.15) is 30.1 Å². The molecule has 0 fully saturated rings. The molecule has 1 amide bonds. The van der Waals surface area contributed by atoms with E-state index < -0.39 is 4.92 Å².